The predicted octanol–water partition coefficient (Wildman–Crippen LogP) is 2.96. The maximum absolute atomic E-state index is 12.9. The maximum Gasteiger partial charge on any atom is 0.340 e. The number of halogens is 5. The van der Waals surface area contributed by atoms with Crippen LogP contribution in [0.3, 0.4) is 0 Å². The van der Waals surface area contributed by atoms with Gasteiger partial charge in [0.25, 0.3) is 5.91 Å². The summed E-state index contributed by atoms with van der Waals surface area (Å²) in [7, 11) is 0. The molecular weight excluding hydrogens is 416 g/mol. The summed E-state index contributed by atoms with van der Waals surface area (Å²) in [5.41, 5.74) is 1.12. The molecule has 1 N–H and O–H groups in total. The molecule has 0 bridgehead atoms. The molecule has 0 saturated carbocycles. The first kappa shape index (κ1) is 22.8. The molecule has 0 spiro atoms. The smallest absolute Gasteiger partial charge is 0.340 e. The van der Waals surface area contributed by atoms with Crippen molar-refractivity contribution in [3.05, 3.63) is 54.0 Å². The maximum atomic E-state index is 12.9. The average molecular weight is 435 g/mol. The Labute approximate surface area is 170 Å². The summed E-state index contributed by atoms with van der Waals surface area (Å²) in [6.45, 7) is 0.164. The second-order valence-electron chi connectivity index (χ2n) is 6.24. The second-order valence-corrected chi connectivity index (χ2v) is 6.24. The van der Waals surface area contributed by atoms with Crippen molar-refractivity contribution in [1.29, 1.82) is 0 Å². The third-order valence-electron chi connectivity index (χ3n) is 4.29. The molecule has 11 heteroatoms. The molecule has 0 aromatic carbocycles. The molecule has 158 valence electrons. The Hall–Kier alpha value is -2.46. The summed E-state index contributed by atoms with van der Waals surface area (Å²) in [6, 6.07) is 6.03. The normalized spacial score (nSPS) is 17.0. The molecule has 1 atom stereocenters. The van der Waals surface area contributed by atoms with Crippen LogP contribution in [0.25, 0.3) is 0 Å². The van der Waals surface area contributed by atoms with Crippen LogP contribution in [0.2, 0.25) is 0 Å². The lowest BCUT2D eigenvalue weighted by molar-refractivity contribution is -0.148. The third-order valence-corrected chi connectivity index (χ3v) is 4.29. The minimum absolute atomic E-state index is 0. The summed E-state index contributed by atoms with van der Waals surface area (Å²) in [5, 5.41) is 3.23. The number of amides is 1. The number of piperazine rings is 1. The molecule has 1 amide bonds. The summed E-state index contributed by atoms with van der Waals surface area (Å²) in [4.78, 5) is 22.4. The van der Waals surface area contributed by atoms with Crippen molar-refractivity contribution < 1.29 is 27.1 Å². The van der Waals surface area contributed by atoms with E-state index in [1.807, 2.05) is 6.07 Å². The number of hydrogen-bond acceptors (Lipinski definition) is 5. The van der Waals surface area contributed by atoms with Crippen LogP contribution in [0.5, 0.6) is 5.88 Å². The van der Waals surface area contributed by atoms with E-state index in [4.69, 9.17) is 0 Å². The standard InChI is InChI=1S/C18H18F4N4O2.ClH/c19-17(20)18(21,22)11-28-15-4-3-13(9-25-15)16(27)26-7-6-24-10-14(26)12-2-1-5-23-8-12;/h1-5,8-9,14,17,24H,6-7,10-11H2;1H. The van der Waals surface area contributed by atoms with Crippen LogP contribution in [-0.2, 0) is 0 Å². The van der Waals surface area contributed by atoms with Crippen LogP contribution < -0.4 is 10.1 Å². The highest BCUT2D eigenvalue weighted by Gasteiger charge is 2.41. The van der Waals surface area contributed by atoms with Gasteiger partial charge in [-0.2, -0.15) is 8.78 Å². The summed E-state index contributed by atoms with van der Waals surface area (Å²) in [5.74, 6) is -4.82. The Morgan fingerprint density at radius 1 is 1.31 bits per heavy atom. The van der Waals surface area contributed by atoms with Gasteiger partial charge in [-0.3, -0.25) is 9.78 Å². The topological polar surface area (TPSA) is 67.3 Å². The van der Waals surface area contributed by atoms with E-state index < -0.39 is 19.0 Å². The van der Waals surface area contributed by atoms with E-state index in [0.717, 1.165) is 5.56 Å². The first-order chi connectivity index (χ1) is 13.4. The van der Waals surface area contributed by atoms with Gasteiger partial charge in [-0.15, -0.1) is 12.4 Å². The Morgan fingerprint density at radius 2 is 2.10 bits per heavy atom. The van der Waals surface area contributed by atoms with Gasteiger partial charge in [0, 0.05) is 44.3 Å². The van der Waals surface area contributed by atoms with E-state index in [0.29, 0.717) is 19.6 Å². The van der Waals surface area contributed by atoms with Gasteiger partial charge >= 0.3 is 12.3 Å². The van der Waals surface area contributed by atoms with Gasteiger partial charge in [-0.05, 0) is 17.7 Å². The average Bonchev–Trinajstić information content (AvgIpc) is 2.73. The predicted molar refractivity (Wildman–Crippen MR) is 98.8 cm³/mol. The molecule has 1 unspecified atom stereocenters. The number of nitrogens with zero attached hydrogens (tertiary/aromatic N) is 3. The van der Waals surface area contributed by atoms with Crippen LogP contribution in [-0.4, -0.2) is 59.4 Å². The Balaban J connectivity index is 0.00000300. The zero-order valence-electron chi connectivity index (χ0n) is 15.1. The molecule has 29 heavy (non-hydrogen) atoms. The molecule has 3 rings (SSSR count). The highest BCUT2D eigenvalue weighted by molar-refractivity contribution is 5.94. The number of rotatable bonds is 6. The minimum Gasteiger partial charge on any atom is -0.471 e. The van der Waals surface area contributed by atoms with Gasteiger partial charge in [0.15, 0.2) is 6.61 Å². The van der Waals surface area contributed by atoms with Gasteiger partial charge in [-0.25, -0.2) is 13.8 Å². The molecule has 2 aromatic rings. The quantitative estimate of drug-likeness (QED) is 0.708. The van der Waals surface area contributed by atoms with E-state index >= 15 is 0 Å². The number of aromatic nitrogens is 2. The van der Waals surface area contributed by atoms with Crippen molar-refractivity contribution in [2.45, 2.75) is 18.4 Å². The molecule has 3 heterocycles. The number of hydrogen-bond donors (Lipinski definition) is 1. The fourth-order valence-electron chi connectivity index (χ4n) is 2.81. The van der Waals surface area contributed by atoms with Crippen molar-refractivity contribution in [2.75, 3.05) is 26.2 Å². The van der Waals surface area contributed by atoms with Crippen LogP contribution in [0.4, 0.5) is 17.6 Å². The molecule has 1 saturated heterocycles. The number of carbonyl (C=O) groups excluding carboxylic acids is 1. The summed E-state index contributed by atoms with van der Waals surface area (Å²) >= 11 is 0. The van der Waals surface area contributed by atoms with E-state index in [2.05, 4.69) is 20.0 Å². The lowest BCUT2D eigenvalue weighted by atomic mass is 10.0. The largest absolute Gasteiger partial charge is 0.471 e. The monoisotopic (exact) mass is 434 g/mol. The first-order valence-electron chi connectivity index (χ1n) is 8.55. The molecule has 0 radical (unpaired) electrons. The van der Waals surface area contributed by atoms with E-state index in [1.54, 1.807) is 23.4 Å². The first-order valence-corrected chi connectivity index (χ1v) is 8.55. The Bertz CT molecular complexity index is 796. The second kappa shape index (κ2) is 9.84. The van der Waals surface area contributed by atoms with E-state index in [-0.39, 0.29) is 35.8 Å². The molecule has 1 aliphatic rings. The zero-order valence-corrected chi connectivity index (χ0v) is 15.9. The Morgan fingerprint density at radius 3 is 2.72 bits per heavy atom. The molecule has 1 aliphatic heterocycles. The number of nitrogens with one attached hydrogen (secondary N) is 1. The van der Waals surface area contributed by atoms with Crippen LogP contribution in [0, 0.1) is 0 Å². The fraction of sp³-hybridized carbons (Fsp3) is 0.389. The minimum atomic E-state index is -4.27. The molecule has 0 aliphatic carbocycles. The van der Waals surface area contributed by atoms with Gasteiger partial charge in [-0.1, -0.05) is 6.07 Å². The van der Waals surface area contributed by atoms with Crippen molar-refractivity contribution >= 4 is 18.3 Å². The lowest BCUT2D eigenvalue weighted by Crippen LogP contribution is -2.48. The van der Waals surface area contributed by atoms with Crippen molar-refractivity contribution in [3.8, 4) is 5.88 Å². The number of carbonyl (C=O) groups is 1. The molecular formula is C18H19ClF4N4O2. The fourth-order valence-corrected chi connectivity index (χ4v) is 2.81. The van der Waals surface area contributed by atoms with Crippen LogP contribution in [0.1, 0.15) is 22.0 Å². The van der Waals surface area contributed by atoms with Crippen LogP contribution >= 0.6 is 12.4 Å². The van der Waals surface area contributed by atoms with Gasteiger partial charge in [0.2, 0.25) is 5.88 Å². The third kappa shape index (κ3) is 5.54. The summed E-state index contributed by atoms with van der Waals surface area (Å²) in [6.07, 6.45) is 0.689. The van der Waals surface area contributed by atoms with Gasteiger partial charge < -0.3 is 15.0 Å². The van der Waals surface area contributed by atoms with Crippen molar-refractivity contribution in [3.63, 3.8) is 0 Å². The number of ether oxygens (including phenoxy) is 1. The van der Waals surface area contributed by atoms with E-state index in [9.17, 15) is 22.4 Å². The number of alkyl halides is 4. The van der Waals surface area contributed by atoms with Crippen LogP contribution in [0.15, 0.2) is 42.9 Å². The zero-order chi connectivity index (χ0) is 20.1. The summed E-state index contributed by atoms with van der Waals surface area (Å²) < 4.78 is 54.8. The number of pyridine rings is 2. The van der Waals surface area contributed by atoms with Crippen molar-refractivity contribution in [1.82, 2.24) is 20.2 Å². The Kier molecular flexibility index (Phi) is 7.74. The highest BCUT2D eigenvalue weighted by atomic mass is 35.5. The lowest BCUT2D eigenvalue weighted by Gasteiger charge is -2.36. The molecule has 1 fully saturated rings. The SMILES string of the molecule is Cl.O=C(c1ccc(OCC(F)(F)C(F)F)nc1)N1CCNCC1c1cccnc1. The van der Waals surface area contributed by atoms with Crippen molar-refractivity contribution in [2.24, 2.45) is 0 Å². The van der Waals surface area contributed by atoms with Gasteiger partial charge in [0.05, 0.1) is 11.6 Å². The van der Waals surface area contributed by atoms with E-state index in [1.165, 1.54) is 18.3 Å². The van der Waals surface area contributed by atoms with Gasteiger partial charge in [0.1, 0.15) is 0 Å². The molecule has 6 nitrogen and oxygen atoms in total. The highest BCUT2D eigenvalue weighted by Crippen LogP contribution is 2.25. The molecule has 2 aromatic heterocycles.